The number of nitrogens with zero attached hydrogens (tertiary/aromatic N) is 1. The second-order valence-electron chi connectivity index (χ2n) is 9.79. The van der Waals surface area contributed by atoms with Crippen molar-refractivity contribution in [2.45, 2.75) is 70.4 Å². The van der Waals surface area contributed by atoms with E-state index in [-0.39, 0.29) is 5.04 Å². The van der Waals surface area contributed by atoms with Gasteiger partial charge in [0.2, 0.25) is 0 Å². The molecular formula is C24H33NOSi. The van der Waals surface area contributed by atoms with Crippen LogP contribution in [-0.2, 0) is 23.8 Å². The van der Waals surface area contributed by atoms with Gasteiger partial charge in [-0.05, 0) is 53.2 Å². The molecule has 144 valence electrons. The summed E-state index contributed by atoms with van der Waals surface area (Å²) in [7, 11) is -1.74. The lowest BCUT2D eigenvalue weighted by Crippen LogP contribution is -2.51. The van der Waals surface area contributed by atoms with Gasteiger partial charge in [-0.1, -0.05) is 69.3 Å². The minimum absolute atomic E-state index is 0.257. The van der Waals surface area contributed by atoms with Crippen molar-refractivity contribution in [3.63, 3.8) is 0 Å². The minimum Gasteiger partial charge on any atom is -0.415 e. The van der Waals surface area contributed by atoms with Gasteiger partial charge in [-0.2, -0.15) is 0 Å². The van der Waals surface area contributed by atoms with Crippen LogP contribution in [-0.4, -0.2) is 25.9 Å². The summed E-state index contributed by atoms with van der Waals surface area (Å²) in [5.74, 6) is 0. The van der Waals surface area contributed by atoms with Crippen molar-refractivity contribution in [2.75, 3.05) is 6.61 Å². The van der Waals surface area contributed by atoms with E-state index in [1.807, 2.05) is 0 Å². The lowest BCUT2D eigenvalue weighted by Gasteiger charge is -2.47. The van der Waals surface area contributed by atoms with Crippen molar-refractivity contribution >= 4 is 8.32 Å². The Hall–Kier alpha value is -1.42. The van der Waals surface area contributed by atoms with E-state index in [1.54, 1.807) is 0 Å². The van der Waals surface area contributed by atoms with Crippen molar-refractivity contribution in [3.05, 3.63) is 70.8 Å². The van der Waals surface area contributed by atoms with Gasteiger partial charge in [0.25, 0.3) is 0 Å². The molecule has 2 atom stereocenters. The average Bonchev–Trinajstić information content (AvgIpc) is 2.64. The fourth-order valence-electron chi connectivity index (χ4n) is 4.31. The van der Waals surface area contributed by atoms with Crippen LogP contribution in [0.2, 0.25) is 18.1 Å². The lowest BCUT2D eigenvalue weighted by molar-refractivity contribution is 0.0584. The molecule has 4 rings (SSSR count). The average molecular weight is 380 g/mol. The SMILES string of the molecule is CC(C)(C)[Si](C)(C)OC[C@@H]1Cc2ccccc2[C@H]2Cc3ccccc3CN12. The van der Waals surface area contributed by atoms with Crippen molar-refractivity contribution in [2.24, 2.45) is 0 Å². The van der Waals surface area contributed by atoms with Crippen LogP contribution in [0.3, 0.4) is 0 Å². The molecule has 0 aliphatic carbocycles. The molecule has 2 nitrogen and oxygen atoms in total. The third-order valence-corrected chi connectivity index (χ3v) is 11.6. The Bertz CT molecular complexity index is 823. The molecule has 0 spiro atoms. The van der Waals surface area contributed by atoms with Crippen LogP contribution in [0.1, 0.15) is 49.1 Å². The monoisotopic (exact) mass is 379 g/mol. The lowest BCUT2D eigenvalue weighted by atomic mass is 9.81. The highest BCUT2D eigenvalue weighted by atomic mass is 28.4. The Balaban J connectivity index is 1.63. The first-order valence-electron chi connectivity index (χ1n) is 10.3. The van der Waals surface area contributed by atoms with E-state index in [1.165, 1.54) is 22.3 Å². The maximum Gasteiger partial charge on any atom is 0.192 e. The van der Waals surface area contributed by atoms with E-state index < -0.39 is 8.32 Å². The highest BCUT2D eigenvalue weighted by molar-refractivity contribution is 6.74. The molecule has 2 heterocycles. The van der Waals surface area contributed by atoms with Crippen LogP contribution in [0.25, 0.3) is 0 Å². The number of hydrogen-bond acceptors (Lipinski definition) is 2. The first-order chi connectivity index (χ1) is 12.8. The number of hydrogen-bond donors (Lipinski definition) is 0. The molecule has 0 saturated carbocycles. The molecule has 2 aliphatic heterocycles. The van der Waals surface area contributed by atoms with Crippen LogP contribution >= 0.6 is 0 Å². The topological polar surface area (TPSA) is 12.5 Å². The van der Waals surface area contributed by atoms with Gasteiger partial charge in [0.15, 0.2) is 8.32 Å². The predicted octanol–water partition coefficient (Wildman–Crippen LogP) is 5.73. The molecule has 0 fully saturated rings. The molecule has 27 heavy (non-hydrogen) atoms. The van der Waals surface area contributed by atoms with E-state index >= 15 is 0 Å². The van der Waals surface area contributed by atoms with Crippen LogP contribution in [0.5, 0.6) is 0 Å². The van der Waals surface area contributed by atoms with Crippen molar-refractivity contribution < 1.29 is 4.43 Å². The molecule has 0 radical (unpaired) electrons. The van der Waals surface area contributed by atoms with Crippen LogP contribution in [0.15, 0.2) is 48.5 Å². The zero-order chi connectivity index (χ0) is 19.2. The summed E-state index contributed by atoms with van der Waals surface area (Å²) in [6.45, 7) is 13.6. The highest BCUT2D eigenvalue weighted by Crippen LogP contribution is 2.42. The van der Waals surface area contributed by atoms with Gasteiger partial charge in [-0.3, -0.25) is 4.90 Å². The Labute approximate surface area is 165 Å². The molecule has 0 amide bonds. The van der Waals surface area contributed by atoms with E-state index in [0.717, 1.165) is 26.0 Å². The van der Waals surface area contributed by atoms with Gasteiger partial charge in [0, 0.05) is 25.2 Å². The second kappa shape index (κ2) is 6.88. The zero-order valence-corrected chi connectivity index (χ0v) is 18.5. The molecular weight excluding hydrogens is 346 g/mol. The van der Waals surface area contributed by atoms with Gasteiger partial charge < -0.3 is 4.43 Å². The van der Waals surface area contributed by atoms with Gasteiger partial charge in [0.05, 0.1) is 0 Å². The Kier molecular flexibility index (Phi) is 4.82. The molecule has 0 N–H and O–H groups in total. The van der Waals surface area contributed by atoms with Crippen LogP contribution in [0.4, 0.5) is 0 Å². The van der Waals surface area contributed by atoms with Gasteiger partial charge in [-0.15, -0.1) is 0 Å². The van der Waals surface area contributed by atoms with Crippen LogP contribution in [0, 0.1) is 0 Å². The van der Waals surface area contributed by atoms with E-state index in [4.69, 9.17) is 4.43 Å². The Morgan fingerprint density at radius 1 is 0.926 bits per heavy atom. The third-order valence-electron chi connectivity index (χ3n) is 7.07. The van der Waals surface area contributed by atoms with E-state index in [9.17, 15) is 0 Å². The first-order valence-corrected chi connectivity index (χ1v) is 13.2. The van der Waals surface area contributed by atoms with Gasteiger partial charge in [0.1, 0.15) is 0 Å². The summed E-state index contributed by atoms with van der Waals surface area (Å²) in [6, 6.07) is 19.0. The molecule has 2 aromatic carbocycles. The summed E-state index contributed by atoms with van der Waals surface area (Å²) < 4.78 is 6.68. The fourth-order valence-corrected chi connectivity index (χ4v) is 5.35. The molecule has 0 saturated heterocycles. The standard InChI is InChI=1S/C24H33NOSi/c1-24(2,3)27(4,5)26-17-21-14-19-11-8-9-13-22(19)23-15-18-10-6-7-12-20(18)16-25(21)23/h6-13,21,23H,14-17H2,1-5H3/t21-,23+/m0/s1. The van der Waals surface area contributed by atoms with E-state index in [2.05, 4.69) is 87.3 Å². The summed E-state index contributed by atoms with van der Waals surface area (Å²) >= 11 is 0. The molecule has 2 aromatic rings. The van der Waals surface area contributed by atoms with Gasteiger partial charge >= 0.3 is 0 Å². The fraction of sp³-hybridized carbons (Fsp3) is 0.500. The predicted molar refractivity (Wildman–Crippen MR) is 116 cm³/mol. The summed E-state index contributed by atoms with van der Waals surface area (Å²) in [4.78, 5) is 2.72. The molecule has 3 heteroatoms. The van der Waals surface area contributed by atoms with E-state index in [0.29, 0.717) is 12.1 Å². The second-order valence-corrected chi connectivity index (χ2v) is 14.6. The van der Waals surface area contributed by atoms with Gasteiger partial charge in [-0.25, -0.2) is 0 Å². The normalized spacial score (nSPS) is 22.7. The maximum atomic E-state index is 6.68. The highest BCUT2D eigenvalue weighted by Gasteiger charge is 2.41. The largest absolute Gasteiger partial charge is 0.415 e. The first kappa shape index (κ1) is 18.9. The summed E-state index contributed by atoms with van der Waals surface area (Å²) in [6.07, 6.45) is 2.22. The summed E-state index contributed by atoms with van der Waals surface area (Å²) in [5, 5.41) is 0.257. The third kappa shape index (κ3) is 3.53. The van der Waals surface area contributed by atoms with Crippen molar-refractivity contribution in [3.8, 4) is 0 Å². The zero-order valence-electron chi connectivity index (χ0n) is 17.5. The van der Waals surface area contributed by atoms with Crippen molar-refractivity contribution in [1.29, 1.82) is 0 Å². The molecule has 0 unspecified atom stereocenters. The molecule has 0 bridgehead atoms. The summed E-state index contributed by atoms with van der Waals surface area (Å²) in [5.41, 5.74) is 6.04. The number of rotatable bonds is 3. The number of benzene rings is 2. The van der Waals surface area contributed by atoms with Crippen molar-refractivity contribution in [1.82, 2.24) is 4.90 Å². The smallest absolute Gasteiger partial charge is 0.192 e. The maximum absolute atomic E-state index is 6.68. The Morgan fingerprint density at radius 2 is 1.56 bits per heavy atom. The molecule has 2 aliphatic rings. The van der Waals surface area contributed by atoms with Crippen LogP contribution < -0.4 is 0 Å². The minimum atomic E-state index is -1.74. The Morgan fingerprint density at radius 3 is 2.26 bits per heavy atom. The number of fused-ring (bicyclic) bond motifs is 4. The quantitative estimate of drug-likeness (QED) is 0.631. The molecule has 0 aromatic heterocycles.